The Kier molecular flexibility index (Phi) is 5.78. The molecule has 0 saturated carbocycles. The van der Waals surface area contributed by atoms with Crippen LogP contribution in [0.15, 0.2) is 24.3 Å². The molecule has 1 aromatic rings. The van der Waals surface area contributed by atoms with Crippen LogP contribution in [0.5, 0.6) is 0 Å². The second-order valence-corrected chi connectivity index (χ2v) is 4.48. The van der Waals surface area contributed by atoms with E-state index in [0.717, 1.165) is 18.4 Å². The Morgan fingerprint density at radius 2 is 2.22 bits per heavy atom. The van der Waals surface area contributed by atoms with Crippen molar-refractivity contribution < 1.29 is 14.3 Å². The van der Waals surface area contributed by atoms with Crippen LogP contribution in [-0.2, 0) is 4.79 Å². The molecular weight excluding hydrogens is 233 g/mol. The maximum Gasteiger partial charge on any atom is 0.320 e. The normalized spacial score (nSPS) is 14.2. The number of hydrogen-bond donors (Lipinski definition) is 2. The number of hydrogen-bond acceptors (Lipinski definition) is 2. The Morgan fingerprint density at radius 1 is 1.50 bits per heavy atom. The third kappa shape index (κ3) is 4.45. The number of aliphatic carboxylic acids is 1. The van der Waals surface area contributed by atoms with Crippen molar-refractivity contribution in [3.8, 4) is 0 Å². The number of unbranched alkanes of at least 4 members (excludes halogenated alkanes) is 1. The van der Waals surface area contributed by atoms with E-state index in [0.29, 0.717) is 6.42 Å². The number of benzene rings is 1. The molecule has 3 nitrogen and oxygen atoms in total. The number of rotatable bonds is 7. The molecule has 0 aliphatic carbocycles. The minimum atomic E-state index is -0.855. The molecule has 0 fully saturated rings. The lowest BCUT2D eigenvalue weighted by atomic mass is 10.0. The van der Waals surface area contributed by atoms with Gasteiger partial charge in [0, 0.05) is 6.04 Å². The van der Waals surface area contributed by atoms with Crippen molar-refractivity contribution in [3.63, 3.8) is 0 Å². The Morgan fingerprint density at radius 3 is 2.78 bits per heavy atom. The van der Waals surface area contributed by atoms with E-state index in [9.17, 15) is 9.18 Å². The topological polar surface area (TPSA) is 49.3 Å². The second-order valence-electron chi connectivity index (χ2n) is 4.48. The van der Waals surface area contributed by atoms with E-state index >= 15 is 0 Å². The molecule has 0 saturated heterocycles. The Balaban J connectivity index is 2.65. The van der Waals surface area contributed by atoms with Gasteiger partial charge < -0.3 is 5.11 Å². The van der Waals surface area contributed by atoms with Crippen molar-refractivity contribution in [2.75, 3.05) is 0 Å². The van der Waals surface area contributed by atoms with Crippen molar-refractivity contribution in [3.05, 3.63) is 35.6 Å². The van der Waals surface area contributed by atoms with Crippen LogP contribution in [0.2, 0.25) is 0 Å². The summed E-state index contributed by atoms with van der Waals surface area (Å²) in [6.45, 7) is 3.87. The van der Waals surface area contributed by atoms with Gasteiger partial charge >= 0.3 is 5.97 Å². The van der Waals surface area contributed by atoms with Crippen molar-refractivity contribution in [2.24, 2.45) is 0 Å². The molecule has 18 heavy (non-hydrogen) atoms. The quantitative estimate of drug-likeness (QED) is 0.785. The zero-order valence-corrected chi connectivity index (χ0v) is 10.8. The van der Waals surface area contributed by atoms with Crippen molar-refractivity contribution in [1.82, 2.24) is 5.32 Å². The van der Waals surface area contributed by atoms with E-state index in [4.69, 9.17) is 5.11 Å². The minimum Gasteiger partial charge on any atom is -0.480 e. The number of carboxylic acid groups (broad SMARTS) is 1. The summed E-state index contributed by atoms with van der Waals surface area (Å²) < 4.78 is 13.1. The molecular formula is C14H20FNO2. The molecule has 4 heteroatoms. The Bertz CT molecular complexity index is 395. The first-order chi connectivity index (χ1) is 8.54. The number of halogens is 1. The van der Waals surface area contributed by atoms with E-state index in [2.05, 4.69) is 5.32 Å². The molecule has 0 aliphatic rings. The highest BCUT2D eigenvalue weighted by molar-refractivity contribution is 5.73. The molecule has 0 aliphatic heterocycles. The predicted molar refractivity (Wildman–Crippen MR) is 68.9 cm³/mol. The van der Waals surface area contributed by atoms with Crippen LogP contribution < -0.4 is 5.32 Å². The van der Waals surface area contributed by atoms with Gasteiger partial charge in [-0.25, -0.2) is 4.39 Å². The summed E-state index contributed by atoms with van der Waals surface area (Å²) in [5.74, 6) is -1.16. The smallest absolute Gasteiger partial charge is 0.320 e. The molecule has 0 bridgehead atoms. The summed E-state index contributed by atoms with van der Waals surface area (Å²) in [7, 11) is 0. The van der Waals surface area contributed by atoms with Gasteiger partial charge in [-0.3, -0.25) is 10.1 Å². The highest BCUT2D eigenvalue weighted by Gasteiger charge is 2.19. The maximum atomic E-state index is 13.1. The second kappa shape index (κ2) is 7.11. The standard InChI is InChI=1S/C14H20FNO2/c1-3-4-8-13(14(17)18)16-10(2)11-6-5-7-12(15)9-11/h5-7,9-10,13,16H,3-4,8H2,1-2H3,(H,17,18)/t10-,13?/m1/s1. The minimum absolute atomic E-state index is 0.182. The van der Waals surface area contributed by atoms with Crippen molar-refractivity contribution in [2.45, 2.75) is 45.2 Å². The average molecular weight is 253 g/mol. The molecule has 100 valence electrons. The van der Waals surface area contributed by atoms with E-state index in [1.165, 1.54) is 12.1 Å². The SMILES string of the molecule is CCCCC(N[C@H](C)c1cccc(F)c1)C(=O)O. The lowest BCUT2D eigenvalue weighted by Crippen LogP contribution is -2.38. The van der Waals surface area contributed by atoms with Gasteiger partial charge in [-0.2, -0.15) is 0 Å². The first-order valence-corrected chi connectivity index (χ1v) is 6.29. The predicted octanol–water partition coefficient (Wildman–Crippen LogP) is 3.12. The lowest BCUT2D eigenvalue weighted by Gasteiger charge is -2.20. The van der Waals surface area contributed by atoms with Gasteiger partial charge in [0.1, 0.15) is 11.9 Å². The van der Waals surface area contributed by atoms with Gasteiger partial charge in [0.15, 0.2) is 0 Å². The number of nitrogens with one attached hydrogen (secondary N) is 1. The number of carboxylic acids is 1. The van der Waals surface area contributed by atoms with Gasteiger partial charge in [-0.1, -0.05) is 31.9 Å². The molecule has 0 amide bonds. The van der Waals surface area contributed by atoms with Gasteiger partial charge in [0.25, 0.3) is 0 Å². The van der Waals surface area contributed by atoms with Crippen LogP contribution in [0.4, 0.5) is 4.39 Å². The molecule has 1 rings (SSSR count). The van der Waals surface area contributed by atoms with Crippen LogP contribution in [0.1, 0.15) is 44.7 Å². The highest BCUT2D eigenvalue weighted by Crippen LogP contribution is 2.15. The fourth-order valence-corrected chi connectivity index (χ4v) is 1.86. The zero-order chi connectivity index (χ0) is 13.5. The molecule has 0 spiro atoms. The van der Waals surface area contributed by atoms with Crippen molar-refractivity contribution in [1.29, 1.82) is 0 Å². The van der Waals surface area contributed by atoms with Gasteiger partial charge in [-0.05, 0) is 31.0 Å². The molecule has 0 aromatic heterocycles. The Labute approximate surface area is 107 Å². The largest absolute Gasteiger partial charge is 0.480 e. The lowest BCUT2D eigenvalue weighted by molar-refractivity contribution is -0.139. The van der Waals surface area contributed by atoms with Gasteiger partial charge in [-0.15, -0.1) is 0 Å². The summed E-state index contributed by atoms with van der Waals surface area (Å²) in [5, 5.41) is 12.1. The molecule has 0 heterocycles. The fraction of sp³-hybridized carbons (Fsp3) is 0.500. The summed E-state index contributed by atoms with van der Waals surface area (Å²) in [6, 6.07) is 5.46. The van der Waals surface area contributed by atoms with Crippen LogP contribution in [0, 0.1) is 5.82 Å². The summed E-state index contributed by atoms with van der Waals surface area (Å²) in [6.07, 6.45) is 2.41. The van der Waals surface area contributed by atoms with Crippen LogP contribution >= 0.6 is 0 Å². The summed E-state index contributed by atoms with van der Waals surface area (Å²) in [4.78, 5) is 11.1. The molecule has 2 N–H and O–H groups in total. The third-order valence-electron chi connectivity index (χ3n) is 2.94. The monoisotopic (exact) mass is 253 g/mol. The first-order valence-electron chi connectivity index (χ1n) is 6.29. The van der Waals surface area contributed by atoms with E-state index in [-0.39, 0.29) is 11.9 Å². The van der Waals surface area contributed by atoms with E-state index in [1.54, 1.807) is 12.1 Å². The Hall–Kier alpha value is -1.42. The zero-order valence-electron chi connectivity index (χ0n) is 10.8. The average Bonchev–Trinajstić information content (AvgIpc) is 2.33. The van der Waals surface area contributed by atoms with E-state index < -0.39 is 12.0 Å². The first kappa shape index (κ1) is 14.6. The highest BCUT2D eigenvalue weighted by atomic mass is 19.1. The van der Waals surface area contributed by atoms with Gasteiger partial charge in [0.2, 0.25) is 0 Å². The number of carbonyl (C=O) groups is 1. The summed E-state index contributed by atoms with van der Waals surface area (Å²) in [5.41, 5.74) is 0.762. The van der Waals surface area contributed by atoms with Gasteiger partial charge in [0.05, 0.1) is 0 Å². The fourth-order valence-electron chi connectivity index (χ4n) is 1.86. The maximum absolute atomic E-state index is 13.1. The molecule has 1 aromatic carbocycles. The molecule has 1 unspecified atom stereocenters. The van der Waals surface area contributed by atoms with Crippen LogP contribution in [-0.4, -0.2) is 17.1 Å². The van der Waals surface area contributed by atoms with Crippen molar-refractivity contribution >= 4 is 5.97 Å². The van der Waals surface area contributed by atoms with Crippen LogP contribution in [0.3, 0.4) is 0 Å². The van der Waals surface area contributed by atoms with E-state index in [1.807, 2.05) is 13.8 Å². The summed E-state index contributed by atoms with van der Waals surface area (Å²) >= 11 is 0. The van der Waals surface area contributed by atoms with Crippen LogP contribution in [0.25, 0.3) is 0 Å². The third-order valence-corrected chi connectivity index (χ3v) is 2.94. The molecule has 2 atom stereocenters. The molecule has 0 radical (unpaired) electrons.